The number of amides is 2. The molecule has 19 heavy (non-hydrogen) atoms. The third-order valence-electron chi connectivity index (χ3n) is 3.79. The van der Waals surface area contributed by atoms with Gasteiger partial charge in [0, 0.05) is 19.6 Å². The van der Waals surface area contributed by atoms with Crippen molar-refractivity contribution >= 4 is 12.0 Å². The van der Waals surface area contributed by atoms with E-state index >= 15 is 0 Å². The highest BCUT2D eigenvalue weighted by atomic mass is 16.4. The van der Waals surface area contributed by atoms with E-state index in [9.17, 15) is 9.59 Å². The quantitative estimate of drug-likeness (QED) is 0.851. The lowest BCUT2D eigenvalue weighted by Crippen LogP contribution is -2.50. The molecule has 0 aromatic heterocycles. The van der Waals surface area contributed by atoms with Crippen LogP contribution in [0.25, 0.3) is 0 Å². The van der Waals surface area contributed by atoms with E-state index < -0.39 is 5.97 Å². The fourth-order valence-electron chi connectivity index (χ4n) is 2.45. The van der Waals surface area contributed by atoms with Crippen LogP contribution < -0.4 is 0 Å². The number of aliphatic carboxylic acids is 1. The monoisotopic (exact) mass is 270 g/mol. The lowest BCUT2D eigenvalue weighted by Gasteiger charge is -2.38. The summed E-state index contributed by atoms with van der Waals surface area (Å²) in [7, 11) is 0. The molecule has 2 amide bonds. The van der Waals surface area contributed by atoms with Gasteiger partial charge in [0.15, 0.2) is 0 Å². The maximum atomic E-state index is 12.4. The highest BCUT2D eigenvalue weighted by Gasteiger charge is 2.29. The van der Waals surface area contributed by atoms with Crippen molar-refractivity contribution in [3.63, 3.8) is 0 Å². The standard InChI is InChI=1S/C14H26N2O3/c1-10(2)7-16(9-13(17)18)14(19)15-6-5-11(3)12(4)8-15/h10-12H,5-9H2,1-4H3,(H,17,18). The van der Waals surface area contributed by atoms with Crippen LogP contribution in [0.5, 0.6) is 0 Å². The molecule has 1 heterocycles. The van der Waals surface area contributed by atoms with Gasteiger partial charge >= 0.3 is 12.0 Å². The van der Waals surface area contributed by atoms with Gasteiger partial charge in [-0.2, -0.15) is 0 Å². The first-order valence-electron chi connectivity index (χ1n) is 7.07. The molecule has 1 N–H and O–H groups in total. The average Bonchev–Trinajstić information content (AvgIpc) is 2.29. The van der Waals surface area contributed by atoms with E-state index in [1.807, 2.05) is 13.8 Å². The highest BCUT2D eigenvalue weighted by Crippen LogP contribution is 2.23. The first kappa shape index (κ1) is 15.8. The number of likely N-dealkylation sites (tertiary alicyclic amines) is 1. The molecule has 1 saturated heterocycles. The van der Waals surface area contributed by atoms with Crippen LogP contribution in [-0.4, -0.2) is 53.1 Å². The summed E-state index contributed by atoms with van der Waals surface area (Å²) in [6.45, 7) is 10.1. The summed E-state index contributed by atoms with van der Waals surface area (Å²) in [5.74, 6) is 0.419. The number of rotatable bonds is 4. The number of carboxylic acids is 1. The van der Waals surface area contributed by atoms with E-state index in [0.29, 0.717) is 18.4 Å². The fraction of sp³-hybridized carbons (Fsp3) is 0.857. The molecule has 0 bridgehead atoms. The Hall–Kier alpha value is -1.26. The molecule has 1 aliphatic rings. The molecule has 2 unspecified atom stereocenters. The van der Waals surface area contributed by atoms with Crippen LogP contribution in [0, 0.1) is 17.8 Å². The minimum absolute atomic E-state index is 0.130. The summed E-state index contributed by atoms with van der Waals surface area (Å²) >= 11 is 0. The molecule has 0 spiro atoms. The maximum absolute atomic E-state index is 12.4. The van der Waals surface area contributed by atoms with Crippen molar-refractivity contribution in [2.24, 2.45) is 17.8 Å². The zero-order valence-corrected chi connectivity index (χ0v) is 12.4. The molecule has 0 aliphatic carbocycles. The van der Waals surface area contributed by atoms with Crippen molar-refractivity contribution in [2.45, 2.75) is 34.1 Å². The topological polar surface area (TPSA) is 60.9 Å². The minimum Gasteiger partial charge on any atom is -0.480 e. The van der Waals surface area contributed by atoms with Crippen LogP contribution in [-0.2, 0) is 4.79 Å². The Kier molecular flexibility index (Phi) is 5.63. The Balaban J connectivity index is 2.67. The second-order valence-electron chi connectivity index (χ2n) is 6.14. The number of hydrogen-bond acceptors (Lipinski definition) is 2. The zero-order valence-electron chi connectivity index (χ0n) is 12.4. The predicted molar refractivity (Wildman–Crippen MR) is 74.0 cm³/mol. The predicted octanol–water partition coefficient (Wildman–Crippen LogP) is 2.13. The molecule has 5 heteroatoms. The number of carbonyl (C=O) groups is 2. The number of piperidine rings is 1. The molecule has 5 nitrogen and oxygen atoms in total. The van der Waals surface area contributed by atoms with Crippen LogP contribution in [0.15, 0.2) is 0 Å². The molecule has 1 rings (SSSR count). The molecule has 1 aliphatic heterocycles. The molecular weight excluding hydrogens is 244 g/mol. The normalized spacial score (nSPS) is 23.5. The lowest BCUT2D eigenvalue weighted by molar-refractivity contribution is -0.137. The van der Waals surface area contributed by atoms with Gasteiger partial charge in [-0.1, -0.05) is 27.7 Å². The van der Waals surface area contributed by atoms with Gasteiger partial charge in [-0.3, -0.25) is 4.79 Å². The van der Waals surface area contributed by atoms with Crippen LogP contribution >= 0.6 is 0 Å². The second kappa shape index (κ2) is 6.78. The number of nitrogens with zero attached hydrogens (tertiary/aromatic N) is 2. The van der Waals surface area contributed by atoms with Crippen molar-refractivity contribution in [3.05, 3.63) is 0 Å². The van der Waals surface area contributed by atoms with Gasteiger partial charge in [0.05, 0.1) is 0 Å². The zero-order chi connectivity index (χ0) is 14.6. The number of hydrogen-bond donors (Lipinski definition) is 1. The van der Waals surface area contributed by atoms with E-state index in [1.54, 1.807) is 4.90 Å². The number of urea groups is 1. The SMILES string of the molecule is CC(C)CN(CC(=O)O)C(=O)N1CCC(C)C(C)C1. The first-order valence-corrected chi connectivity index (χ1v) is 7.07. The lowest BCUT2D eigenvalue weighted by atomic mass is 9.89. The second-order valence-corrected chi connectivity index (χ2v) is 6.14. The van der Waals surface area contributed by atoms with E-state index in [1.165, 1.54) is 4.90 Å². The Morgan fingerprint density at radius 2 is 1.95 bits per heavy atom. The summed E-state index contributed by atoms with van der Waals surface area (Å²) in [4.78, 5) is 26.5. The summed E-state index contributed by atoms with van der Waals surface area (Å²) in [5.41, 5.74) is 0. The first-order chi connectivity index (χ1) is 8.81. The van der Waals surface area contributed by atoms with Crippen LogP contribution in [0.4, 0.5) is 4.79 Å². The van der Waals surface area contributed by atoms with Crippen LogP contribution in [0.3, 0.4) is 0 Å². The Morgan fingerprint density at radius 3 is 2.42 bits per heavy atom. The summed E-state index contributed by atoms with van der Waals surface area (Å²) in [5, 5.41) is 8.93. The Morgan fingerprint density at radius 1 is 1.32 bits per heavy atom. The molecule has 2 atom stereocenters. The maximum Gasteiger partial charge on any atom is 0.323 e. The molecule has 0 aromatic rings. The third kappa shape index (κ3) is 4.73. The van der Waals surface area contributed by atoms with E-state index in [4.69, 9.17) is 5.11 Å². The van der Waals surface area contributed by atoms with Gasteiger partial charge in [-0.25, -0.2) is 4.79 Å². The fourth-order valence-corrected chi connectivity index (χ4v) is 2.45. The molecule has 1 fully saturated rings. The smallest absolute Gasteiger partial charge is 0.323 e. The van der Waals surface area contributed by atoms with Gasteiger partial charge < -0.3 is 14.9 Å². The average molecular weight is 270 g/mol. The van der Waals surface area contributed by atoms with Crippen molar-refractivity contribution in [1.29, 1.82) is 0 Å². The number of carboxylic acid groups (broad SMARTS) is 1. The number of carbonyl (C=O) groups excluding carboxylic acids is 1. The van der Waals surface area contributed by atoms with E-state index in [0.717, 1.165) is 19.5 Å². The molecular formula is C14H26N2O3. The van der Waals surface area contributed by atoms with Crippen LogP contribution in [0.2, 0.25) is 0 Å². The summed E-state index contributed by atoms with van der Waals surface area (Å²) in [6.07, 6.45) is 0.996. The van der Waals surface area contributed by atoms with Crippen molar-refractivity contribution < 1.29 is 14.7 Å². The van der Waals surface area contributed by atoms with E-state index in [2.05, 4.69) is 13.8 Å². The van der Waals surface area contributed by atoms with Gasteiger partial charge in [0.1, 0.15) is 6.54 Å². The van der Waals surface area contributed by atoms with Gasteiger partial charge in [0.2, 0.25) is 0 Å². The van der Waals surface area contributed by atoms with Gasteiger partial charge in [-0.15, -0.1) is 0 Å². The summed E-state index contributed by atoms with van der Waals surface area (Å²) in [6, 6.07) is -0.130. The molecule has 0 radical (unpaired) electrons. The highest BCUT2D eigenvalue weighted by molar-refractivity contribution is 5.80. The van der Waals surface area contributed by atoms with Gasteiger partial charge in [-0.05, 0) is 24.2 Å². The summed E-state index contributed by atoms with van der Waals surface area (Å²) < 4.78 is 0. The Labute approximate surface area is 115 Å². The van der Waals surface area contributed by atoms with Crippen LogP contribution in [0.1, 0.15) is 34.1 Å². The molecule has 110 valence electrons. The minimum atomic E-state index is -0.951. The Bertz CT molecular complexity index is 331. The van der Waals surface area contributed by atoms with E-state index in [-0.39, 0.29) is 18.5 Å². The van der Waals surface area contributed by atoms with Crippen molar-refractivity contribution in [1.82, 2.24) is 9.80 Å². The molecule has 0 saturated carbocycles. The van der Waals surface area contributed by atoms with Gasteiger partial charge in [0.25, 0.3) is 0 Å². The van der Waals surface area contributed by atoms with Crippen molar-refractivity contribution in [3.8, 4) is 0 Å². The van der Waals surface area contributed by atoms with Crippen molar-refractivity contribution in [2.75, 3.05) is 26.2 Å². The molecule has 0 aromatic carbocycles. The largest absolute Gasteiger partial charge is 0.480 e. The third-order valence-corrected chi connectivity index (χ3v) is 3.79.